The van der Waals surface area contributed by atoms with Gasteiger partial charge in [-0.15, -0.1) is 0 Å². The van der Waals surface area contributed by atoms with Crippen LogP contribution in [-0.4, -0.2) is 76.3 Å². The quantitative estimate of drug-likeness (QED) is 0.357. The highest BCUT2D eigenvalue weighted by Crippen LogP contribution is 2.40. The predicted molar refractivity (Wildman–Crippen MR) is 141 cm³/mol. The van der Waals surface area contributed by atoms with E-state index in [0.717, 1.165) is 51.1 Å². The molecule has 11 heteroatoms. The number of piperidine rings is 1. The van der Waals surface area contributed by atoms with Gasteiger partial charge in [0.2, 0.25) is 0 Å². The van der Waals surface area contributed by atoms with Crippen molar-refractivity contribution >= 4 is 17.2 Å². The van der Waals surface area contributed by atoms with Crippen molar-refractivity contribution in [3.63, 3.8) is 0 Å². The Morgan fingerprint density at radius 1 is 1.15 bits per heavy atom. The number of nitrogens with one attached hydrogen (secondary N) is 1. The van der Waals surface area contributed by atoms with Gasteiger partial charge in [-0.2, -0.15) is 13.2 Å². The van der Waals surface area contributed by atoms with Crippen molar-refractivity contribution in [2.75, 3.05) is 39.5 Å². The maximum Gasteiger partial charge on any atom is 0.419 e. The highest BCUT2D eigenvalue weighted by Gasteiger charge is 2.35. The summed E-state index contributed by atoms with van der Waals surface area (Å²) in [5, 5.41) is 17.4. The molecule has 1 unspecified atom stereocenters. The molecule has 4 heterocycles. The van der Waals surface area contributed by atoms with Gasteiger partial charge in [-0.3, -0.25) is 0 Å². The molecule has 39 heavy (non-hydrogen) atoms. The van der Waals surface area contributed by atoms with E-state index in [0.29, 0.717) is 48.8 Å². The smallest absolute Gasteiger partial charge is 0.419 e. The van der Waals surface area contributed by atoms with Crippen molar-refractivity contribution in [3.8, 4) is 17.0 Å². The molecule has 3 aromatic rings. The zero-order valence-corrected chi connectivity index (χ0v) is 21.8. The first-order valence-electron chi connectivity index (χ1n) is 13.5. The van der Waals surface area contributed by atoms with E-state index in [9.17, 15) is 13.2 Å². The molecule has 1 aromatic carbocycles. The molecule has 0 aliphatic carbocycles. The Kier molecular flexibility index (Phi) is 8.49. The maximum atomic E-state index is 14.1. The summed E-state index contributed by atoms with van der Waals surface area (Å²) in [4.78, 5) is 11.1. The number of hydrogen-bond acceptors (Lipinski definition) is 7. The summed E-state index contributed by atoms with van der Waals surface area (Å²) in [5.74, 6) is 0.322. The zero-order valence-electron chi connectivity index (χ0n) is 21.8. The summed E-state index contributed by atoms with van der Waals surface area (Å²) in [6.07, 6.45) is 2.80. The van der Waals surface area contributed by atoms with Gasteiger partial charge < -0.3 is 29.5 Å². The van der Waals surface area contributed by atoms with Crippen LogP contribution in [0.15, 0.2) is 30.5 Å². The maximum absolute atomic E-state index is 14.1. The van der Waals surface area contributed by atoms with Crippen molar-refractivity contribution in [1.82, 2.24) is 19.4 Å². The average molecular weight is 546 g/mol. The molecule has 2 saturated heterocycles. The van der Waals surface area contributed by atoms with Crippen LogP contribution >= 0.6 is 0 Å². The standard InChI is InChI=1S/C28H34F3N5O3/c29-28(30,31)23-16-20(3-4-24(23)39-15-8-19-5-9-35(10-6-19)12-13-37)26-22-7-11-36(18-21-2-1-14-38-21)27(22)34-25(17-32)33-26/h3-4,7,11,16-17,19,21,32,37H,1-2,5-6,8-10,12-15,18H2. The summed E-state index contributed by atoms with van der Waals surface area (Å²) in [5.41, 5.74) is 0.347. The fourth-order valence-electron chi connectivity index (χ4n) is 5.52. The SMILES string of the molecule is N=Cc1nc(-c2ccc(OCCC3CCN(CCO)CC3)c(C(F)(F)F)c2)c2ccn(CC3CCCO3)c2n1. The molecule has 8 nitrogen and oxygen atoms in total. The van der Waals surface area contributed by atoms with Gasteiger partial charge in [-0.1, -0.05) is 0 Å². The Labute approximate surface area is 225 Å². The Morgan fingerprint density at radius 2 is 1.97 bits per heavy atom. The van der Waals surface area contributed by atoms with E-state index >= 15 is 0 Å². The van der Waals surface area contributed by atoms with Gasteiger partial charge in [0.25, 0.3) is 0 Å². The van der Waals surface area contributed by atoms with Crippen LogP contribution in [0, 0.1) is 11.3 Å². The van der Waals surface area contributed by atoms with E-state index in [-0.39, 0.29) is 36.5 Å². The number of benzene rings is 1. The number of rotatable bonds is 10. The lowest BCUT2D eigenvalue weighted by molar-refractivity contribution is -0.138. The second-order valence-corrected chi connectivity index (χ2v) is 10.3. The number of β-amino-alcohol motifs (C(OH)–C–C–N with tert-alkyl or cyclic N) is 1. The Morgan fingerprint density at radius 3 is 2.67 bits per heavy atom. The Hall–Kier alpha value is -3.02. The molecule has 2 N–H and O–H groups in total. The summed E-state index contributed by atoms with van der Waals surface area (Å²) >= 11 is 0. The molecule has 2 fully saturated rings. The van der Waals surface area contributed by atoms with Crippen LogP contribution < -0.4 is 4.74 Å². The van der Waals surface area contributed by atoms with E-state index in [4.69, 9.17) is 20.0 Å². The summed E-state index contributed by atoms with van der Waals surface area (Å²) in [6, 6.07) is 5.83. The number of alkyl halides is 3. The van der Waals surface area contributed by atoms with Gasteiger partial charge in [0.05, 0.1) is 43.3 Å². The third-order valence-electron chi connectivity index (χ3n) is 7.65. The minimum Gasteiger partial charge on any atom is -0.493 e. The number of likely N-dealkylation sites (tertiary alicyclic amines) is 1. The lowest BCUT2D eigenvalue weighted by atomic mass is 9.94. The largest absolute Gasteiger partial charge is 0.493 e. The first kappa shape index (κ1) is 27.5. The van der Waals surface area contributed by atoms with Crippen LogP contribution in [0.1, 0.15) is 43.5 Å². The zero-order chi connectivity index (χ0) is 27.4. The molecule has 0 spiro atoms. The Balaban J connectivity index is 1.37. The summed E-state index contributed by atoms with van der Waals surface area (Å²) in [6.45, 7) is 4.06. The molecule has 2 aliphatic rings. The van der Waals surface area contributed by atoms with Crippen LogP contribution in [0.2, 0.25) is 0 Å². The van der Waals surface area contributed by atoms with Gasteiger partial charge in [-0.05, 0) is 75.4 Å². The normalized spacial score (nSPS) is 19.1. The highest BCUT2D eigenvalue weighted by atomic mass is 19.4. The minimum absolute atomic E-state index is 0.0591. The molecule has 1 atom stereocenters. The molecule has 210 valence electrons. The van der Waals surface area contributed by atoms with Crippen molar-refractivity contribution in [2.45, 2.75) is 50.9 Å². The van der Waals surface area contributed by atoms with E-state index in [1.165, 1.54) is 6.07 Å². The number of aliphatic hydroxyl groups excluding tert-OH is 1. The Bertz CT molecular complexity index is 1280. The van der Waals surface area contributed by atoms with E-state index in [2.05, 4.69) is 14.9 Å². The lowest BCUT2D eigenvalue weighted by Crippen LogP contribution is -2.36. The molecule has 0 bridgehead atoms. The molecule has 2 aliphatic heterocycles. The molecule has 2 aromatic heterocycles. The molecule has 0 radical (unpaired) electrons. The number of fused-ring (bicyclic) bond motifs is 1. The second-order valence-electron chi connectivity index (χ2n) is 10.3. The van der Waals surface area contributed by atoms with Crippen LogP contribution in [0.25, 0.3) is 22.3 Å². The topological polar surface area (TPSA) is 96.5 Å². The average Bonchev–Trinajstić information content (AvgIpc) is 3.59. The van der Waals surface area contributed by atoms with Gasteiger partial charge >= 0.3 is 6.18 Å². The number of aromatic nitrogens is 3. The van der Waals surface area contributed by atoms with Crippen LogP contribution in [0.4, 0.5) is 13.2 Å². The summed E-state index contributed by atoms with van der Waals surface area (Å²) < 4.78 is 55.8. The monoisotopic (exact) mass is 545 g/mol. The number of nitrogens with zero attached hydrogens (tertiary/aromatic N) is 4. The molecule has 0 saturated carbocycles. The first-order valence-corrected chi connectivity index (χ1v) is 13.5. The second kappa shape index (κ2) is 12.0. The van der Waals surface area contributed by atoms with Crippen molar-refractivity contribution < 1.29 is 27.8 Å². The van der Waals surface area contributed by atoms with Crippen molar-refractivity contribution in [1.29, 1.82) is 5.41 Å². The minimum atomic E-state index is -4.61. The van der Waals surface area contributed by atoms with Gasteiger partial charge in [0, 0.05) is 30.3 Å². The number of hydrogen-bond donors (Lipinski definition) is 2. The van der Waals surface area contributed by atoms with E-state index in [1.54, 1.807) is 12.1 Å². The predicted octanol–water partition coefficient (Wildman–Crippen LogP) is 4.77. The number of halogens is 3. The van der Waals surface area contributed by atoms with E-state index in [1.807, 2.05) is 10.8 Å². The van der Waals surface area contributed by atoms with Crippen molar-refractivity contribution in [3.05, 3.63) is 41.9 Å². The lowest BCUT2D eigenvalue weighted by Gasteiger charge is -2.31. The first-order chi connectivity index (χ1) is 18.9. The fraction of sp³-hybridized carbons (Fsp3) is 0.536. The van der Waals surface area contributed by atoms with Crippen molar-refractivity contribution in [2.24, 2.45) is 5.92 Å². The highest BCUT2D eigenvalue weighted by molar-refractivity contribution is 5.93. The molecular weight excluding hydrogens is 511 g/mol. The van der Waals surface area contributed by atoms with Gasteiger partial charge in [-0.25, -0.2) is 9.97 Å². The number of ether oxygens (including phenoxy) is 2. The molecule has 0 amide bonds. The van der Waals surface area contributed by atoms with Gasteiger partial charge in [0.15, 0.2) is 5.82 Å². The summed E-state index contributed by atoms with van der Waals surface area (Å²) in [7, 11) is 0. The van der Waals surface area contributed by atoms with Crippen LogP contribution in [0.5, 0.6) is 5.75 Å². The van der Waals surface area contributed by atoms with Gasteiger partial charge in [0.1, 0.15) is 11.4 Å². The third kappa shape index (κ3) is 6.42. The third-order valence-corrected chi connectivity index (χ3v) is 7.65. The van der Waals surface area contributed by atoms with E-state index < -0.39 is 11.7 Å². The number of aliphatic hydroxyl groups is 1. The van der Waals surface area contributed by atoms with Crippen LogP contribution in [-0.2, 0) is 17.5 Å². The fourth-order valence-corrected chi connectivity index (χ4v) is 5.52. The van der Waals surface area contributed by atoms with Crippen LogP contribution in [0.3, 0.4) is 0 Å². The molecule has 5 rings (SSSR count). The molecular formula is C28H34F3N5O3.